The molecule has 0 amide bonds. The van der Waals surface area contributed by atoms with Gasteiger partial charge in [-0.2, -0.15) is 0 Å². The lowest BCUT2D eigenvalue weighted by molar-refractivity contribution is 0.251. The van der Waals surface area contributed by atoms with Gasteiger partial charge in [-0.25, -0.2) is 0 Å². The van der Waals surface area contributed by atoms with Crippen LogP contribution in [0.25, 0.3) is 0 Å². The molecule has 2 aliphatic heterocycles. The molecule has 1 fully saturated rings. The molecule has 1 aromatic carbocycles. The Hall–Kier alpha value is -1.06. The van der Waals surface area contributed by atoms with Crippen molar-refractivity contribution in [2.24, 2.45) is 5.73 Å². The average Bonchev–Trinajstić information content (AvgIpc) is 3.01. The normalized spacial score (nSPS) is 21.3. The van der Waals surface area contributed by atoms with Gasteiger partial charge in [0.25, 0.3) is 0 Å². The molecule has 2 aliphatic rings. The van der Waals surface area contributed by atoms with Crippen LogP contribution in [0.1, 0.15) is 30.0 Å². The zero-order valence-electron chi connectivity index (χ0n) is 11.2. The molecule has 0 aromatic heterocycles. The number of anilines is 1. The molecule has 3 nitrogen and oxygen atoms in total. The van der Waals surface area contributed by atoms with E-state index in [0.717, 1.165) is 13.1 Å². The molecule has 2 heterocycles. The minimum Gasteiger partial charge on any atom is -0.374 e. The Kier molecular flexibility index (Phi) is 3.27. The molecule has 1 saturated heterocycles. The molecule has 3 rings (SSSR count). The van der Waals surface area contributed by atoms with Crippen LogP contribution in [0, 0.1) is 0 Å². The Bertz CT molecular complexity index is 424. The van der Waals surface area contributed by atoms with Crippen molar-refractivity contribution in [3.8, 4) is 0 Å². The highest BCUT2D eigenvalue weighted by Crippen LogP contribution is 2.31. The third kappa shape index (κ3) is 2.02. The van der Waals surface area contributed by atoms with Crippen molar-refractivity contribution in [3.63, 3.8) is 0 Å². The Labute approximate surface area is 110 Å². The molecule has 98 valence electrons. The van der Waals surface area contributed by atoms with Crippen LogP contribution in [-0.2, 0) is 6.42 Å². The lowest BCUT2D eigenvalue weighted by Crippen LogP contribution is -2.31. The second kappa shape index (κ2) is 4.90. The zero-order valence-corrected chi connectivity index (χ0v) is 11.2. The van der Waals surface area contributed by atoms with Crippen molar-refractivity contribution in [1.29, 1.82) is 0 Å². The summed E-state index contributed by atoms with van der Waals surface area (Å²) in [7, 11) is 2.17. The molecule has 18 heavy (non-hydrogen) atoms. The SMILES string of the molecule is CN1CCc2cc(C(CN)N3CCCC3)ccc21. The van der Waals surface area contributed by atoms with Gasteiger partial charge in [-0.15, -0.1) is 0 Å². The first-order chi connectivity index (χ1) is 8.79. The summed E-state index contributed by atoms with van der Waals surface area (Å²) in [4.78, 5) is 4.88. The van der Waals surface area contributed by atoms with Crippen LogP contribution in [0.5, 0.6) is 0 Å². The fraction of sp³-hybridized carbons (Fsp3) is 0.600. The van der Waals surface area contributed by atoms with Crippen molar-refractivity contribution >= 4 is 5.69 Å². The summed E-state index contributed by atoms with van der Waals surface area (Å²) in [5.41, 5.74) is 10.3. The summed E-state index contributed by atoms with van der Waals surface area (Å²) < 4.78 is 0. The van der Waals surface area contributed by atoms with Crippen molar-refractivity contribution < 1.29 is 0 Å². The Morgan fingerprint density at radius 3 is 2.72 bits per heavy atom. The van der Waals surface area contributed by atoms with Crippen LogP contribution in [0.2, 0.25) is 0 Å². The van der Waals surface area contributed by atoms with E-state index in [1.54, 1.807) is 0 Å². The van der Waals surface area contributed by atoms with Gasteiger partial charge in [0.2, 0.25) is 0 Å². The van der Waals surface area contributed by atoms with E-state index in [2.05, 4.69) is 35.0 Å². The first kappa shape index (κ1) is 12.0. The van der Waals surface area contributed by atoms with E-state index >= 15 is 0 Å². The van der Waals surface area contributed by atoms with E-state index in [-0.39, 0.29) is 0 Å². The summed E-state index contributed by atoms with van der Waals surface area (Å²) in [5, 5.41) is 0. The number of benzene rings is 1. The van der Waals surface area contributed by atoms with E-state index in [0.29, 0.717) is 6.04 Å². The first-order valence-electron chi connectivity index (χ1n) is 7.07. The van der Waals surface area contributed by atoms with Crippen LogP contribution in [-0.4, -0.2) is 38.1 Å². The summed E-state index contributed by atoms with van der Waals surface area (Å²) in [6, 6.07) is 7.35. The molecule has 1 atom stereocenters. The largest absolute Gasteiger partial charge is 0.374 e. The molecular formula is C15H23N3. The number of likely N-dealkylation sites (N-methyl/N-ethyl adjacent to an activating group) is 1. The van der Waals surface area contributed by atoms with Gasteiger partial charge in [0.15, 0.2) is 0 Å². The molecule has 0 aliphatic carbocycles. The lowest BCUT2D eigenvalue weighted by Gasteiger charge is -2.27. The molecule has 0 bridgehead atoms. The minimum absolute atomic E-state index is 0.420. The predicted molar refractivity (Wildman–Crippen MR) is 76.0 cm³/mol. The van der Waals surface area contributed by atoms with Crippen LogP contribution in [0.15, 0.2) is 18.2 Å². The Morgan fingerprint density at radius 2 is 2.00 bits per heavy atom. The van der Waals surface area contributed by atoms with Crippen molar-refractivity contribution in [3.05, 3.63) is 29.3 Å². The second-order valence-electron chi connectivity index (χ2n) is 5.55. The number of nitrogens with zero attached hydrogens (tertiary/aromatic N) is 2. The topological polar surface area (TPSA) is 32.5 Å². The van der Waals surface area contributed by atoms with Crippen molar-refractivity contribution in [1.82, 2.24) is 4.90 Å². The Balaban J connectivity index is 1.86. The highest BCUT2D eigenvalue weighted by Gasteiger charge is 2.24. The molecule has 1 unspecified atom stereocenters. The maximum atomic E-state index is 6.01. The van der Waals surface area contributed by atoms with Gasteiger partial charge in [-0.3, -0.25) is 4.90 Å². The summed E-state index contributed by atoms with van der Waals surface area (Å²) >= 11 is 0. The fourth-order valence-corrected chi connectivity index (χ4v) is 3.34. The number of nitrogens with two attached hydrogens (primary N) is 1. The van der Waals surface area contributed by atoms with Gasteiger partial charge < -0.3 is 10.6 Å². The van der Waals surface area contributed by atoms with Gasteiger partial charge in [0, 0.05) is 31.9 Å². The van der Waals surface area contributed by atoms with Gasteiger partial charge in [0.05, 0.1) is 0 Å². The summed E-state index contributed by atoms with van der Waals surface area (Å²) in [6.07, 6.45) is 3.82. The van der Waals surface area contributed by atoms with E-state index in [1.165, 1.54) is 49.2 Å². The molecule has 1 aromatic rings. The molecule has 0 radical (unpaired) electrons. The number of likely N-dealkylation sites (tertiary alicyclic amines) is 1. The minimum atomic E-state index is 0.420. The molecule has 3 heteroatoms. The van der Waals surface area contributed by atoms with Crippen LogP contribution in [0.3, 0.4) is 0 Å². The third-order valence-corrected chi connectivity index (χ3v) is 4.42. The molecule has 2 N–H and O–H groups in total. The smallest absolute Gasteiger partial charge is 0.0470 e. The number of hydrogen-bond donors (Lipinski definition) is 1. The standard InChI is InChI=1S/C15H23N3/c1-17-9-6-13-10-12(4-5-14(13)17)15(11-16)18-7-2-3-8-18/h4-5,10,15H,2-3,6-9,11,16H2,1H3. The first-order valence-corrected chi connectivity index (χ1v) is 7.07. The van der Waals surface area contributed by atoms with Crippen LogP contribution in [0.4, 0.5) is 5.69 Å². The van der Waals surface area contributed by atoms with Gasteiger partial charge in [-0.1, -0.05) is 12.1 Å². The second-order valence-corrected chi connectivity index (χ2v) is 5.55. The lowest BCUT2D eigenvalue weighted by atomic mass is 10.0. The highest BCUT2D eigenvalue weighted by atomic mass is 15.2. The maximum Gasteiger partial charge on any atom is 0.0470 e. The van der Waals surface area contributed by atoms with E-state index < -0.39 is 0 Å². The summed E-state index contributed by atoms with van der Waals surface area (Å²) in [5.74, 6) is 0. The van der Waals surface area contributed by atoms with Gasteiger partial charge >= 0.3 is 0 Å². The van der Waals surface area contributed by atoms with Crippen molar-refractivity contribution in [2.45, 2.75) is 25.3 Å². The average molecular weight is 245 g/mol. The molecule has 0 spiro atoms. The third-order valence-electron chi connectivity index (χ3n) is 4.42. The van der Waals surface area contributed by atoms with E-state index in [4.69, 9.17) is 5.73 Å². The van der Waals surface area contributed by atoms with Crippen LogP contribution >= 0.6 is 0 Å². The predicted octanol–water partition coefficient (Wildman–Crippen LogP) is 1.77. The van der Waals surface area contributed by atoms with Gasteiger partial charge in [0.1, 0.15) is 0 Å². The molecular weight excluding hydrogens is 222 g/mol. The monoisotopic (exact) mass is 245 g/mol. The molecule has 0 saturated carbocycles. The van der Waals surface area contributed by atoms with E-state index in [1.807, 2.05) is 0 Å². The van der Waals surface area contributed by atoms with E-state index in [9.17, 15) is 0 Å². The van der Waals surface area contributed by atoms with Crippen LogP contribution < -0.4 is 10.6 Å². The number of hydrogen-bond acceptors (Lipinski definition) is 3. The number of rotatable bonds is 3. The highest BCUT2D eigenvalue weighted by molar-refractivity contribution is 5.58. The number of fused-ring (bicyclic) bond motifs is 1. The summed E-state index contributed by atoms with van der Waals surface area (Å²) in [6.45, 7) is 4.29. The zero-order chi connectivity index (χ0) is 12.5. The van der Waals surface area contributed by atoms with Gasteiger partial charge in [-0.05, 0) is 49.5 Å². The Morgan fingerprint density at radius 1 is 1.22 bits per heavy atom. The quantitative estimate of drug-likeness (QED) is 0.881. The fourth-order valence-electron chi connectivity index (χ4n) is 3.34. The maximum absolute atomic E-state index is 6.01. The van der Waals surface area contributed by atoms with Crippen molar-refractivity contribution in [2.75, 3.05) is 38.1 Å².